The second-order valence-electron chi connectivity index (χ2n) is 15.5. The minimum atomic E-state index is -0.0743. The number of nitrogens with two attached hydrogens (primary N) is 2. The highest BCUT2D eigenvalue weighted by Crippen LogP contribution is 2.54. The zero-order valence-electron chi connectivity index (χ0n) is 27.8. The highest BCUT2D eigenvalue weighted by atomic mass is 32.2. The van der Waals surface area contributed by atoms with Crippen molar-refractivity contribution in [2.75, 3.05) is 25.0 Å². The SMILES string of the molecule is CS[C@@H]1C[C@H]2[C@H](C[C@H]2C)[C@H]1O.CS[C@@H]1C[C@H]2[C@H](C[C@H]2N)[C@H]1O.CS[C@H]1C[C@@H]2[C@@H](C[C@@H]2C)[C@@H]1O.CS[C@H]1C[C@@H]2[C@@H](C[C@@H]2N)[C@@H]1O. The van der Waals surface area contributed by atoms with Crippen LogP contribution in [0, 0.1) is 59.2 Å². The third kappa shape index (κ3) is 6.94. The first-order valence-corrected chi connectivity index (χ1v) is 22.4. The molecule has 0 aromatic heterocycles. The Balaban J connectivity index is 0.000000116. The van der Waals surface area contributed by atoms with Gasteiger partial charge in [0.25, 0.3) is 0 Å². The summed E-state index contributed by atoms with van der Waals surface area (Å²) in [5.74, 6) is 7.09. The average Bonchev–Trinajstić information content (AvgIpc) is 3.62. The maximum absolute atomic E-state index is 9.78. The van der Waals surface area contributed by atoms with Crippen molar-refractivity contribution in [1.82, 2.24) is 0 Å². The van der Waals surface area contributed by atoms with Gasteiger partial charge in [-0.3, -0.25) is 0 Å². The van der Waals surface area contributed by atoms with E-state index in [1.54, 1.807) is 23.5 Å². The largest absolute Gasteiger partial charge is 0.392 e. The third-order valence-electron chi connectivity index (χ3n) is 13.6. The van der Waals surface area contributed by atoms with Crippen LogP contribution >= 0.6 is 47.0 Å². The number of thioether (sulfide) groups is 4. The molecule has 0 saturated heterocycles. The topological polar surface area (TPSA) is 133 Å². The molecule has 0 bridgehead atoms. The molecule has 6 nitrogen and oxygen atoms in total. The predicted molar refractivity (Wildman–Crippen MR) is 192 cm³/mol. The van der Waals surface area contributed by atoms with Crippen LogP contribution in [-0.4, -0.2) is 103 Å². The van der Waals surface area contributed by atoms with E-state index in [9.17, 15) is 20.4 Å². The molecular formula is C34H62N2O4S4. The molecule has 0 spiro atoms. The van der Waals surface area contributed by atoms with Gasteiger partial charge in [-0.15, -0.1) is 0 Å². The lowest BCUT2D eigenvalue weighted by atomic mass is 9.67. The Labute approximate surface area is 284 Å². The lowest BCUT2D eigenvalue weighted by Crippen LogP contribution is -2.47. The first-order chi connectivity index (χ1) is 20.9. The summed E-state index contributed by atoms with van der Waals surface area (Å²) in [6.45, 7) is 4.63. The lowest BCUT2D eigenvalue weighted by Gasteiger charge is -2.39. The summed E-state index contributed by atoms with van der Waals surface area (Å²) in [5, 5.41) is 41.0. The predicted octanol–water partition coefficient (Wildman–Crippen LogP) is 4.40. The summed E-state index contributed by atoms with van der Waals surface area (Å²) >= 11 is 7.25. The average molecular weight is 691 g/mol. The van der Waals surface area contributed by atoms with Crippen LogP contribution in [0.15, 0.2) is 0 Å². The summed E-state index contributed by atoms with van der Waals surface area (Å²) in [7, 11) is 0. The summed E-state index contributed by atoms with van der Waals surface area (Å²) in [6.07, 6.45) is 17.6. The molecule has 20 atom stereocenters. The summed E-state index contributed by atoms with van der Waals surface area (Å²) in [6, 6.07) is 0.763. The van der Waals surface area contributed by atoms with Crippen molar-refractivity contribution in [3.63, 3.8) is 0 Å². The van der Waals surface area contributed by atoms with Crippen LogP contribution in [0.2, 0.25) is 0 Å². The van der Waals surface area contributed by atoms with Gasteiger partial charge in [-0.05, 0) is 136 Å². The van der Waals surface area contributed by atoms with E-state index in [0.29, 0.717) is 68.6 Å². The lowest BCUT2D eigenvalue weighted by molar-refractivity contribution is 0.0266. The first kappa shape index (κ1) is 36.4. The molecule has 0 amide bonds. The minimum absolute atomic E-state index is 0.00574. The molecule has 8 N–H and O–H groups in total. The van der Waals surface area contributed by atoms with Crippen molar-refractivity contribution in [3.05, 3.63) is 0 Å². The number of fused-ring (bicyclic) bond motifs is 4. The van der Waals surface area contributed by atoms with Crippen molar-refractivity contribution in [2.45, 2.75) is 123 Å². The minimum Gasteiger partial charge on any atom is -0.392 e. The molecule has 8 saturated carbocycles. The van der Waals surface area contributed by atoms with Gasteiger partial charge in [-0.1, -0.05) is 13.8 Å². The summed E-state index contributed by atoms with van der Waals surface area (Å²) < 4.78 is 0. The Morgan fingerprint density at radius 2 is 0.636 bits per heavy atom. The van der Waals surface area contributed by atoms with Crippen molar-refractivity contribution in [3.8, 4) is 0 Å². The number of aliphatic hydroxyl groups is 4. The molecule has 0 aromatic rings. The normalized spacial score (nSPS) is 55.4. The molecule has 0 aliphatic heterocycles. The van der Waals surface area contributed by atoms with Gasteiger partial charge >= 0.3 is 0 Å². The van der Waals surface area contributed by atoms with E-state index < -0.39 is 0 Å². The Bertz CT molecular complexity index is 762. The molecule has 0 aromatic carbocycles. The van der Waals surface area contributed by atoms with Crippen molar-refractivity contribution in [2.24, 2.45) is 70.6 Å². The van der Waals surface area contributed by atoms with Gasteiger partial charge in [-0.2, -0.15) is 47.0 Å². The number of aliphatic hydroxyl groups excluding tert-OH is 4. The quantitative estimate of drug-likeness (QED) is 0.252. The number of rotatable bonds is 4. The fraction of sp³-hybridized carbons (Fsp3) is 1.00. The monoisotopic (exact) mass is 690 g/mol. The molecule has 0 unspecified atom stereocenters. The molecule has 8 fully saturated rings. The van der Waals surface area contributed by atoms with Gasteiger partial charge in [0.05, 0.1) is 24.4 Å². The molecule has 0 heterocycles. The van der Waals surface area contributed by atoms with Crippen LogP contribution in [0.5, 0.6) is 0 Å². The Morgan fingerprint density at radius 3 is 0.818 bits per heavy atom. The van der Waals surface area contributed by atoms with E-state index in [0.717, 1.165) is 49.4 Å². The van der Waals surface area contributed by atoms with Crippen LogP contribution < -0.4 is 11.5 Å². The second kappa shape index (κ2) is 15.4. The zero-order valence-corrected chi connectivity index (χ0v) is 31.0. The summed E-state index contributed by atoms with van der Waals surface area (Å²) in [5.41, 5.74) is 11.6. The highest BCUT2D eigenvalue weighted by molar-refractivity contribution is 7.99. The maximum atomic E-state index is 9.78. The van der Waals surface area contributed by atoms with E-state index in [-0.39, 0.29) is 24.4 Å². The van der Waals surface area contributed by atoms with Crippen LogP contribution in [-0.2, 0) is 0 Å². The highest BCUT2D eigenvalue weighted by Gasteiger charge is 2.53. The molecule has 0 radical (unpaired) electrons. The fourth-order valence-electron chi connectivity index (χ4n) is 10.3. The van der Waals surface area contributed by atoms with Gasteiger partial charge in [0.2, 0.25) is 0 Å². The number of hydrogen-bond acceptors (Lipinski definition) is 10. The van der Waals surface area contributed by atoms with Gasteiger partial charge in [0, 0.05) is 33.1 Å². The van der Waals surface area contributed by atoms with Crippen molar-refractivity contribution in [1.29, 1.82) is 0 Å². The van der Waals surface area contributed by atoms with E-state index in [4.69, 9.17) is 11.5 Å². The van der Waals surface area contributed by atoms with Crippen molar-refractivity contribution < 1.29 is 20.4 Å². The Kier molecular flexibility index (Phi) is 12.7. The smallest absolute Gasteiger partial charge is 0.0690 e. The molecule has 256 valence electrons. The molecule has 10 heteroatoms. The second-order valence-corrected chi connectivity index (χ2v) is 19.8. The van der Waals surface area contributed by atoms with Crippen LogP contribution in [0.1, 0.15) is 65.2 Å². The number of hydrogen-bond donors (Lipinski definition) is 6. The third-order valence-corrected chi connectivity index (χ3v) is 18.0. The van der Waals surface area contributed by atoms with Crippen LogP contribution in [0.4, 0.5) is 0 Å². The van der Waals surface area contributed by atoms with E-state index >= 15 is 0 Å². The Hall–Kier alpha value is 1.16. The van der Waals surface area contributed by atoms with Crippen molar-refractivity contribution >= 4 is 47.0 Å². The van der Waals surface area contributed by atoms with E-state index in [1.165, 1.54) is 25.7 Å². The summed E-state index contributed by atoms with van der Waals surface area (Å²) in [4.78, 5) is 0. The molecule has 44 heavy (non-hydrogen) atoms. The van der Waals surface area contributed by atoms with Crippen LogP contribution in [0.25, 0.3) is 0 Å². The van der Waals surface area contributed by atoms with Gasteiger partial charge in [0.1, 0.15) is 0 Å². The van der Waals surface area contributed by atoms with E-state index in [2.05, 4.69) is 38.9 Å². The standard InChI is InChI=1S/2C9H16OS.2C8H15NOS/c2*1-5-3-7-6(5)4-8(11-2)9(7)10;2*1-11-7-3-4-5(8(7)10)2-6(4)9/h2*5-10H,3-4H2,1-2H3;2*4-8,10H,2-3,9H2,1H3/t2*5-,6-,7+,8-,9-;2*4-,5-,6+,7+,8+/m1010/s1. The molecule has 8 aliphatic rings. The van der Waals surface area contributed by atoms with Gasteiger partial charge in [0.15, 0.2) is 0 Å². The van der Waals surface area contributed by atoms with Crippen LogP contribution in [0.3, 0.4) is 0 Å². The molecular weight excluding hydrogens is 629 g/mol. The molecule has 8 rings (SSSR count). The maximum Gasteiger partial charge on any atom is 0.0690 e. The molecule has 8 aliphatic carbocycles. The van der Waals surface area contributed by atoms with Gasteiger partial charge < -0.3 is 31.9 Å². The van der Waals surface area contributed by atoms with Gasteiger partial charge in [-0.25, -0.2) is 0 Å². The zero-order chi connectivity index (χ0) is 32.0. The Morgan fingerprint density at radius 1 is 0.386 bits per heavy atom. The van der Waals surface area contributed by atoms with E-state index in [1.807, 2.05) is 23.5 Å². The fourth-order valence-corrected chi connectivity index (χ4v) is 13.9. The first-order valence-electron chi connectivity index (χ1n) is 17.3.